The first-order chi connectivity index (χ1) is 16.0. The van der Waals surface area contributed by atoms with Crippen LogP contribution >= 0.6 is 0 Å². The van der Waals surface area contributed by atoms with Gasteiger partial charge in [-0.1, -0.05) is 24.3 Å². The number of carbonyl (C=O) groups is 1. The van der Waals surface area contributed by atoms with Gasteiger partial charge in [-0.3, -0.25) is 4.79 Å². The number of imidazole rings is 1. The molecule has 7 heteroatoms. The summed E-state index contributed by atoms with van der Waals surface area (Å²) in [5.74, 6) is 2.10. The van der Waals surface area contributed by atoms with Crippen LogP contribution in [-0.2, 0) is 19.9 Å². The summed E-state index contributed by atoms with van der Waals surface area (Å²) < 4.78 is 18.1. The molecule has 33 heavy (non-hydrogen) atoms. The molecule has 7 nitrogen and oxygen atoms in total. The van der Waals surface area contributed by atoms with E-state index in [-0.39, 0.29) is 5.91 Å². The number of ether oxygens (including phenoxy) is 3. The van der Waals surface area contributed by atoms with Crippen LogP contribution in [0, 0.1) is 0 Å². The van der Waals surface area contributed by atoms with E-state index in [4.69, 9.17) is 19.2 Å². The Morgan fingerprint density at radius 2 is 1.58 bits per heavy atom. The second-order valence-corrected chi connectivity index (χ2v) is 7.64. The number of anilines is 1. The molecule has 170 valence electrons. The Kier molecular flexibility index (Phi) is 6.49. The van der Waals surface area contributed by atoms with Crippen LogP contribution in [0.15, 0.2) is 60.7 Å². The van der Waals surface area contributed by atoms with Gasteiger partial charge in [0.25, 0.3) is 5.91 Å². The molecule has 1 amide bonds. The minimum absolute atomic E-state index is 0.262. The van der Waals surface area contributed by atoms with Gasteiger partial charge in [0, 0.05) is 24.7 Å². The molecule has 0 atom stereocenters. The SMILES string of the molecule is COc1cc(C(=O)Nc2ccc(CCc3nc4ccccc4n3C)cc2)cc(OC)c1OC. The molecule has 0 aliphatic rings. The quantitative estimate of drug-likeness (QED) is 0.428. The highest BCUT2D eigenvalue weighted by molar-refractivity contribution is 6.05. The number of fused-ring (bicyclic) bond motifs is 1. The van der Waals surface area contributed by atoms with Crippen LogP contribution in [-0.4, -0.2) is 36.8 Å². The maximum Gasteiger partial charge on any atom is 0.255 e. The lowest BCUT2D eigenvalue weighted by Crippen LogP contribution is -2.12. The zero-order chi connectivity index (χ0) is 23.4. The third kappa shape index (κ3) is 4.62. The fraction of sp³-hybridized carbons (Fsp3) is 0.231. The summed E-state index contributed by atoms with van der Waals surface area (Å²) in [4.78, 5) is 17.5. The molecule has 1 aromatic heterocycles. The molecule has 1 heterocycles. The second-order valence-electron chi connectivity index (χ2n) is 7.64. The Hall–Kier alpha value is -4.00. The first-order valence-corrected chi connectivity index (χ1v) is 10.6. The van der Waals surface area contributed by atoms with Crippen LogP contribution in [0.4, 0.5) is 5.69 Å². The zero-order valence-electron chi connectivity index (χ0n) is 19.2. The number of methoxy groups -OCH3 is 3. The fourth-order valence-corrected chi connectivity index (χ4v) is 3.85. The number of benzene rings is 3. The van der Waals surface area contributed by atoms with Crippen molar-refractivity contribution in [3.8, 4) is 17.2 Å². The Morgan fingerprint density at radius 3 is 2.18 bits per heavy atom. The molecule has 4 aromatic rings. The van der Waals surface area contributed by atoms with E-state index in [1.807, 2.05) is 49.5 Å². The second kappa shape index (κ2) is 9.65. The Labute approximate surface area is 192 Å². The van der Waals surface area contributed by atoms with Crippen molar-refractivity contribution in [1.29, 1.82) is 0 Å². The summed E-state index contributed by atoms with van der Waals surface area (Å²) in [7, 11) is 6.61. The lowest BCUT2D eigenvalue weighted by Gasteiger charge is -2.14. The van der Waals surface area contributed by atoms with Crippen LogP contribution in [0.1, 0.15) is 21.7 Å². The van der Waals surface area contributed by atoms with Gasteiger partial charge in [-0.2, -0.15) is 0 Å². The number of para-hydroxylation sites is 2. The molecular weight excluding hydrogens is 418 g/mol. The number of rotatable bonds is 8. The van der Waals surface area contributed by atoms with Crippen LogP contribution in [0.25, 0.3) is 11.0 Å². The number of hydrogen-bond donors (Lipinski definition) is 1. The van der Waals surface area contributed by atoms with Crippen LogP contribution < -0.4 is 19.5 Å². The Bertz CT molecular complexity index is 1250. The molecule has 3 aromatic carbocycles. The van der Waals surface area contributed by atoms with E-state index in [1.165, 1.54) is 26.9 Å². The van der Waals surface area contributed by atoms with Gasteiger partial charge in [0.1, 0.15) is 5.82 Å². The Balaban J connectivity index is 1.43. The molecule has 0 saturated carbocycles. The van der Waals surface area contributed by atoms with E-state index >= 15 is 0 Å². The highest BCUT2D eigenvalue weighted by Gasteiger charge is 2.17. The molecule has 0 bridgehead atoms. The van der Waals surface area contributed by atoms with Crippen molar-refractivity contribution in [2.75, 3.05) is 26.6 Å². The average Bonchev–Trinajstić information content (AvgIpc) is 3.18. The minimum Gasteiger partial charge on any atom is -0.493 e. The van der Waals surface area contributed by atoms with Crippen molar-refractivity contribution in [3.05, 3.63) is 77.6 Å². The zero-order valence-corrected chi connectivity index (χ0v) is 19.2. The van der Waals surface area contributed by atoms with Crippen LogP contribution in [0.3, 0.4) is 0 Å². The summed E-state index contributed by atoms with van der Waals surface area (Å²) in [5.41, 5.74) is 4.45. The van der Waals surface area contributed by atoms with Crippen molar-refractivity contribution < 1.29 is 19.0 Å². The van der Waals surface area contributed by atoms with Gasteiger partial charge in [-0.25, -0.2) is 4.98 Å². The van der Waals surface area contributed by atoms with Crippen LogP contribution in [0.2, 0.25) is 0 Å². The lowest BCUT2D eigenvalue weighted by atomic mass is 10.1. The molecule has 0 aliphatic heterocycles. The number of amides is 1. The van der Waals surface area contributed by atoms with Crippen molar-refractivity contribution >= 4 is 22.6 Å². The lowest BCUT2D eigenvalue weighted by molar-refractivity contribution is 0.102. The molecule has 4 rings (SSSR count). The number of aryl methyl sites for hydroxylation is 3. The molecule has 0 spiro atoms. The van der Waals surface area contributed by atoms with E-state index in [1.54, 1.807) is 12.1 Å². The fourth-order valence-electron chi connectivity index (χ4n) is 3.85. The highest BCUT2D eigenvalue weighted by atomic mass is 16.5. The molecule has 0 radical (unpaired) electrons. The summed E-state index contributed by atoms with van der Waals surface area (Å²) in [6.45, 7) is 0. The van der Waals surface area contributed by atoms with E-state index < -0.39 is 0 Å². The maximum absolute atomic E-state index is 12.8. The predicted molar refractivity (Wildman–Crippen MR) is 129 cm³/mol. The van der Waals surface area contributed by atoms with E-state index in [2.05, 4.69) is 16.0 Å². The van der Waals surface area contributed by atoms with Gasteiger partial charge in [-0.05, 0) is 48.4 Å². The number of nitrogens with zero attached hydrogens (tertiary/aromatic N) is 2. The first kappa shape index (κ1) is 22.2. The molecule has 0 unspecified atom stereocenters. The van der Waals surface area contributed by atoms with Crippen LogP contribution in [0.5, 0.6) is 17.2 Å². The number of hydrogen-bond acceptors (Lipinski definition) is 5. The summed E-state index contributed by atoms with van der Waals surface area (Å²) in [6, 6.07) is 19.2. The molecule has 0 aliphatic carbocycles. The third-order valence-corrected chi connectivity index (χ3v) is 5.66. The van der Waals surface area contributed by atoms with Gasteiger partial charge in [0.15, 0.2) is 11.5 Å². The Morgan fingerprint density at radius 1 is 0.909 bits per heavy atom. The average molecular weight is 446 g/mol. The molecule has 0 fully saturated rings. The molecule has 1 N–H and O–H groups in total. The third-order valence-electron chi connectivity index (χ3n) is 5.66. The van der Waals surface area contributed by atoms with Crippen molar-refractivity contribution in [2.24, 2.45) is 7.05 Å². The largest absolute Gasteiger partial charge is 0.493 e. The van der Waals surface area contributed by atoms with Crippen molar-refractivity contribution in [3.63, 3.8) is 0 Å². The summed E-state index contributed by atoms with van der Waals surface area (Å²) in [5, 5.41) is 2.92. The number of carbonyl (C=O) groups excluding carboxylic acids is 1. The van der Waals surface area contributed by atoms with Gasteiger partial charge < -0.3 is 24.1 Å². The van der Waals surface area contributed by atoms with Gasteiger partial charge in [0.2, 0.25) is 5.75 Å². The molecular formula is C26H27N3O4. The predicted octanol–water partition coefficient (Wildman–Crippen LogP) is 4.64. The van der Waals surface area contributed by atoms with Gasteiger partial charge in [-0.15, -0.1) is 0 Å². The van der Waals surface area contributed by atoms with E-state index in [9.17, 15) is 4.79 Å². The number of aromatic nitrogens is 2. The summed E-state index contributed by atoms with van der Waals surface area (Å²) >= 11 is 0. The van der Waals surface area contributed by atoms with Gasteiger partial charge in [0.05, 0.1) is 32.4 Å². The van der Waals surface area contributed by atoms with Gasteiger partial charge >= 0.3 is 0 Å². The first-order valence-electron chi connectivity index (χ1n) is 10.6. The highest BCUT2D eigenvalue weighted by Crippen LogP contribution is 2.38. The van der Waals surface area contributed by atoms with E-state index in [0.29, 0.717) is 28.5 Å². The maximum atomic E-state index is 12.8. The topological polar surface area (TPSA) is 74.6 Å². The summed E-state index contributed by atoms with van der Waals surface area (Å²) in [6.07, 6.45) is 1.70. The van der Waals surface area contributed by atoms with Crippen molar-refractivity contribution in [2.45, 2.75) is 12.8 Å². The van der Waals surface area contributed by atoms with Crippen molar-refractivity contribution in [1.82, 2.24) is 9.55 Å². The smallest absolute Gasteiger partial charge is 0.255 e. The van der Waals surface area contributed by atoms with E-state index in [0.717, 1.165) is 29.7 Å². The number of nitrogens with one attached hydrogen (secondary N) is 1. The monoisotopic (exact) mass is 445 g/mol. The normalized spacial score (nSPS) is 10.8. The molecule has 0 saturated heterocycles. The minimum atomic E-state index is -0.262. The standard InChI is InChI=1S/C26H27N3O4/c1-29-21-8-6-5-7-20(21)28-24(29)14-11-17-9-12-19(13-10-17)27-26(30)18-15-22(31-2)25(33-4)23(16-18)32-3/h5-10,12-13,15-16H,11,14H2,1-4H3,(H,27,30).